The molecule has 20 heavy (non-hydrogen) atoms. The largest absolute Gasteiger partial charge is 0.436 e. The number of hydrogen-bond acceptors (Lipinski definition) is 5. The zero-order chi connectivity index (χ0) is 14.4. The van der Waals surface area contributed by atoms with Crippen molar-refractivity contribution in [1.29, 1.82) is 0 Å². The van der Waals surface area contributed by atoms with Crippen molar-refractivity contribution in [3.63, 3.8) is 0 Å². The van der Waals surface area contributed by atoms with Crippen molar-refractivity contribution in [3.05, 3.63) is 35.2 Å². The van der Waals surface area contributed by atoms with Crippen molar-refractivity contribution in [2.75, 3.05) is 11.9 Å². The fraction of sp³-hybridized carbons (Fsp3) is 0.286. The van der Waals surface area contributed by atoms with Gasteiger partial charge >= 0.3 is 0 Å². The Balaban J connectivity index is 1.92. The summed E-state index contributed by atoms with van der Waals surface area (Å²) in [7, 11) is 1.74. The van der Waals surface area contributed by atoms with Crippen molar-refractivity contribution < 1.29 is 9.21 Å². The number of fused-ring (bicyclic) bond motifs is 1. The molecule has 1 aliphatic heterocycles. The first-order valence-electron chi connectivity index (χ1n) is 6.26. The highest BCUT2D eigenvalue weighted by Crippen LogP contribution is 2.38. The van der Waals surface area contributed by atoms with E-state index in [1.54, 1.807) is 11.9 Å². The molecule has 0 aliphatic carbocycles. The van der Waals surface area contributed by atoms with Gasteiger partial charge in [0, 0.05) is 23.2 Å². The van der Waals surface area contributed by atoms with Crippen LogP contribution in [0, 0.1) is 13.8 Å². The van der Waals surface area contributed by atoms with Gasteiger partial charge in [0.2, 0.25) is 5.91 Å². The number of nitrogens with zero attached hydrogens (tertiary/aromatic N) is 2. The summed E-state index contributed by atoms with van der Waals surface area (Å²) in [5.74, 6) is 0.743. The molecule has 1 amide bonds. The normalized spacial score (nSPS) is 17.7. The van der Waals surface area contributed by atoms with E-state index in [-0.39, 0.29) is 5.91 Å². The third kappa shape index (κ3) is 2.01. The molecule has 0 spiro atoms. The lowest BCUT2D eigenvalue weighted by Gasteiger charge is -2.10. The summed E-state index contributed by atoms with van der Waals surface area (Å²) < 4.78 is 5.55. The highest BCUT2D eigenvalue weighted by molar-refractivity contribution is 7.99. The van der Waals surface area contributed by atoms with E-state index in [0.29, 0.717) is 5.22 Å². The number of aromatic nitrogens is 1. The topological polar surface area (TPSA) is 72.4 Å². The number of rotatable bonds is 2. The molecule has 0 bridgehead atoms. The van der Waals surface area contributed by atoms with Crippen molar-refractivity contribution >= 4 is 23.4 Å². The molecular weight excluding hydrogens is 274 g/mol. The summed E-state index contributed by atoms with van der Waals surface area (Å²) in [5, 5.41) is 0.608. The van der Waals surface area contributed by atoms with Gasteiger partial charge in [0.15, 0.2) is 0 Å². The van der Waals surface area contributed by atoms with Crippen LogP contribution in [-0.2, 0) is 4.79 Å². The van der Waals surface area contributed by atoms with Crippen LogP contribution in [0.3, 0.4) is 0 Å². The summed E-state index contributed by atoms with van der Waals surface area (Å²) in [6.07, 6.45) is 0. The predicted octanol–water partition coefficient (Wildman–Crippen LogP) is 2.42. The minimum Gasteiger partial charge on any atom is -0.436 e. The molecular formula is C14H15N3O2S. The Morgan fingerprint density at radius 3 is 2.80 bits per heavy atom. The number of oxazole rings is 1. The Morgan fingerprint density at radius 2 is 2.15 bits per heavy atom. The molecule has 2 heterocycles. The maximum Gasteiger partial charge on any atom is 0.260 e. The predicted molar refractivity (Wildman–Crippen MR) is 76.9 cm³/mol. The molecule has 1 aromatic heterocycles. The first kappa shape index (κ1) is 13.2. The second-order valence-corrected chi connectivity index (χ2v) is 5.84. The number of carbonyl (C=O) groups is 1. The number of nitrogens with two attached hydrogens (primary N) is 1. The number of likely N-dealkylation sites (N-methyl/N-ethyl adjacent to an activating group) is 1. The van der Waals surface area contributed by atoms with Crippen molar-refractivity contribution in [3.8, 4) is 0 Å². The quantitative estimate of drug-likeness (QED) is 0.919. The number of anilines is 1. The Morgan fingerprint density at radius 1 is 1.40 bits per heavy atom. The second kappa shape index (κ2) is 4.64. The summed E-state index contributed by atoms with van der Waals surface area (Å²) in [6.45, 7) is 3.80. The second-order valence-electron chi connectivity index (χ2n) is 4.82. The van der Waals surface area contributed by atoms with Gasteiger partial charge in [-0.2, -0.15) is 0 Å². The van der Waals surface area contributed by atoms with Crippen LogP contribution >= 0.6 is 11.8 Å². The summed E-state index contributed by atoms with van der Waals surface area (Å²) >= 11 is 1.44. The molecule has 1 aromatic carbocycles. The molecule has 3 rings (SSSR count). The SMILES string of the molecule is Cc1nc(Sc2ccc3c(c2)N(C)C(=O)C3N)oc1C. The lowest BCUT2D eigenvalue weighted by atomic mass is 10.1. The molecule has 1 atom stereocenters. The van der Waals surface area contributed by atoms with E-state index in [0.717, 1.165) is 27.6 Å². The van der Waals surface area contributed by atoms with E-state index in [4.69, 9.17) is 10.2 Å². The van der Waals surface area contributed by atoms with Gasteiger partial charge in [-0.3, -0.25) is 4.79 Å². The summed E-state index contributed by atoms with van der Waals surface area (Å²) in [4.78, 5) is 18.7. The van der Waals surface area contributed by atoms with E-state index in [1.165, 1.54) is 11.8 Å². The number of amides is 1. The number of benzene rings is 1. The van der Waals surface area contributed by atoms with E-state index in [2.05, 4.69) is 4.98 Å². The summed E-state index contributed by atoms with van der Waals surface area (Å²) in [5.41, 5.74) is 8.49. The zero-order valence-electron chi connectivity index (χ0n) is 11.5. The molecule has 104 valence electrons. The minimum absolute atomic E-state index is 0.0787. The average molecular weight is 289 g/mol. The molecule has 0 fully saturated rings. The van der Waals surface area contributed by atoms with E-state index >= 15 is 0 Å². The van der Waals surface area contributed by atoms with Crippen molar-refractivity contribution in [2.45, 2.75) is 30.0 Å². The van der Waals surface area contributed by atoms with Gasteiger partial charge in [-0.25, -0.2) is 4.98 Å². The Kier molecular flexibility index (Phi) is 3.07. The smallest absolute Gasteiger partial charge is 0.260 e. The first-order chi connectivity index (χ1) is 9.47. The van der Waals surface area contributed by atoms with Crippen LogP contribution in [0.5, 0.6) is 0 Å². The standard InChI is InChI=1S/C14H15N3O2S/c1-7-8(2)19-14(16-7)20-9-4-5-10-11(6-9)17(3)13(18)12(10)15/h4-6,12H,15H2,1-3H3. The van der Waals surface area contributed by atoms with E-state index in [9.17, 15) is 4.79 Å². The highest BCUT2D eigenvalue weighted by atomic mass is 32.2. The van der Waals surface area contributed by atoms with Gasteiger partial charge in [-0.1, -0.05) is 6.07 Å². The number of hydrogen-bond donors (Lipinski definition) is 1. The van der Waals surface area contributed by atoms with Gasteiger partial charge in [-0.05, 0) is 37.7 Å². The maximum atomic E-state index is 11.8. The van der Waals surface area contributed by atoms with Crippen LogP contribution in [0.15, 0.2) is 32.7 Å². The summed E-state index contributed by atoms with van der Waals surface area (Å²) in [6, 6.07) is 5.22. The monoisotopic (exact) mass is 289 g/mol. The molecule has 2 aromatic rings. The number of aryl methyl sites for hydroxylation is 2. The Hall–Kier alpha value is -1.79. The van der Waals surface area contributed by atoms with Crippen LogP contribution in [0.25, 0.3) is 0 Å². The van der Waals surface area contributed by atoms with Crippen LogP contribution in [0.4, 0.5) is 5.69 Å². The fourth-order valence-corrected chi connectivity index (χ4v) is 3.05. The van der Waals surface area contributed by atoms with Gasteiger partial charge in [0.1, 0.15) is 11.8 Å². The Bertz CT molecular complexity index is 676. The van der Waals surface area contributed by atoms with Gasteiger partial charge in [-0.15, -0.1) is 0 Å². The van der Waals surface area contributed by atoms with E-state index in [1.807, 2.05) is 32.0 Å². The highest BCUT2D eigenvalue weighted by Gasteiger charge is 2.32. The minimum atomic E-state index is -0.555. The van der Waals surface area contributed by atoms with Crippen LogP contribution < -0.4 is 10.6 Å². The lowest BCUT2D eigenvalue weighted by Crippen LogP contribution is -2.27. The fourth-order valence-electron chi connectivity index (χ4n) is 2.19. The van der Waals surface area contributed by atoms with E-state index < -0.39 is 6.04 Å². The molecule has 6 heteroatoms. The van der Waals surface area contributed by atoms with Gasteiger partial charge in [0.25, 0.3) is 5.22 Å². The molecule has 5 nitrogen and oxygen atoms in total. The van der Waals surface area contributed by atoms with Crippen LogP contribution in [0.2, 0.25) is 0 Å². The molecule has 0 radical (unpaired) electrons. The molecule has 0 saturated heterocycles. The zero-order valence-corrected chi connectivity index (χ0v) is 12.3. The van der Waals surface area contributed by atoms with Gasteiger partial charge < -0.3 is 15.1 Å². The third-order valence-corrected chi connectivity index (χ3v) is 4.35. The van der Waals surface area contributed by atoms with Crippen LogP contribution in [-0.4, -0.2) is 17.9 Å². The maximum absolute atomic E-state index is 11.8. The Labute approximate surface area is 121 Å². The van der Waals surface area contributed by atoms with Crippen molar-refractivity contribution in [2.24, 2.45) is 5.73 Å². The molecule has 0 saturated carbocycles. The first-order valence-corrected chi connectivity index (χ1v) is 7.08. The van der Waals surface area contributed by atoms with Gasteiger partial charge in [0.05, 0.1) is 5.69 Å². The lowest BCUT2D eigenvalue weighted by molar-refractivity contribution is -0.118. The third-order valence-electron chi connectivity index (χ3n) is 3.51. The number of carbonyl (C=O) groups excluding carboxylic acids is 1. The van der Waals surface area contributed by atoms with Crippen LogP contribution in [0.1, 0.15) is 23.1 Å². The molecule has 1 unspecified atom stereocenters. The molecule has 2 N–H and O–H groups in total. The van der Waals surface area contributed by atoms with Crippen molar-refractivity contribution in [1.82, 2.24) is 4.98 Å². The average Bonchev–Trinajstić information content (AvgIpc) is 2.84. The molecule has 1 aliphatic rings.